The second-order valence-corrected chi connectivity index (χ2v) is 6.89. The zero-order chi connectivity index (χ0) is 16.7. The van der Waals surface area contributed by atoms with Crippen LogP contribution >= 0.6 is 0 Å². The van der Waals surface area contributed by atoms with Gasteiger partial charge in [0.1, 0.15) is 0 Å². The highest BCUT2D eigenvalue weighted by Gasteiger charge is 2.27. The number of carbonyl (C=O) groups is 1. The minimum absolute atomic E-state index is 0.135. The first-order chi connectivity index (χ1) is 11.0. The van der Waals surface area contributed by atoms with Crippen LogP contribution in [0.3, 0.4) is 0 Å². The second kappa shape index (κ2) is 8.46. The Morgan fingerprint density at radius 1 is 1.35 bits per heavy atom. The molecular formula is C19H30N2O2. The molecule has 0 aromatic heterocycles. The third kappa shape index (κ3) is 5.63. The van der Waals surface area contributed by atoms with E-state index in [4.69, 9.17) is 10.5 Å². The molecule has 4 heteroatoms. The number of hydrogen-bond donors (Lipinski definition) is 2. The molecule has 1 aromatic carbocycles. The molecule has 0 bridgehead atoms. The molecule has 128 valence electrons. The van der Waals surface area contributed by atoms with Crippen LogP contribution in [0.15, 0.2) is 24.3 Å². The summed E-state index contributed by atoms with van der Waals surface area (Å²) in [4.78, 5) is 12.3. The van der Waals surface area contributed by atoms with Crippen molar-refractivity contribution in [2.75, 3.05) is 5.32 Å². The molecule has 1 saturated carbocycles. The molecule has 4 nitrogen and oxygen atoms in total. The van der Waals surface area contributed by atoms with Crippen molar-refractivity contribution in [3.05, 3.63) is 29.8 Å². The van der Waals surface area contributed by atoms with Gasteiger partial charge in [0.2, 0.25) is 5.91 Å². The maximum Gasteiger partial charge on any atom is 0.244 e. The molecule has 1 unspecified atom stereocenters. The van der Waals surface area contributed by atoms with Crippen LogP contribution in [-0.4, -0.2) is 17.6 Å². The molecule has 0 aliphatic heterocycles. The number of nitrogens with two attached hydrogens (primary N) is 1. The van der Waals surface area contributed by atoms with Crippen LogP contribution in [-0.2, 0) is 16.1 Å². The quantitative estimate of drug-likeness (QED) is 0.799. The fraction of sp³-hybridized carbons (Fsp3) is 0.632. The van der Waals surface area contributed by atoms with E-state index in [1.54, 1.807) is 6.92 Å². The Kier molecular flexibility index (Phi) is 6.60. The Labute approximate surface area is 139 Å². The molecule has 0 spiro atoms. The number of ether oxygens (including phenoxy) is 1. The zero-order valence-corrected chi connectivity index (χ0v) is 14.4. The van der Waals surface area contributed by atoms with E-state index in [1.807, 2.05) is 31.2 Å². The predicted octanol–water partition coefficient (Wildman–Crippen LogP) is 3.99. The Hall–Kier alpha value is -1.39. The van der Waals surface area contributed by atoms with Gasteiger partial charge in [0.05, 0.1) is 18.2 Å². The summed E-state index contributed by atoms with van der Waals surface area (Å²) in [6.07, 6.45) is 8.15. The van der Waals surface area contributed by atoms with Crippen LogP contribution < -0.4 is 11.1 Å². The number of benzene rings is 1. The first-order valence-electron chi connectivity index (χ1n) is 8.82. The highest BCUT2D eigenvalue weighted by atomic mass is 16.5. The van der Waals surface area contributed by atoms with Crippen molar-refractivity contribution in [1.82, 2.24) is 0 Å². The average molecular weight is 318 g/mol. The van der Waals surface area contributed by atoms with E-state index in [1.165, 1.54) is 32.1 Å². The van der Waals surface area contributed by atoms with Gasteiger partial charge in [-0.15, -0.1) is 0 Å². The first-order valence-corrected chi connectivity index (χ1v) is 8.82. The first kappa shape index (κ1) is 18.0. The van der Waals surface area contributed by atoms with E-state index < -0.39 is 5.54 Å². The molecule has 0 radical (unpaired) electrons. The molecule has 0 saturated heterocycles. The molecule has 23 heavy (non-hydrogen) atoms. The molecular weight excluding hydrogens is 288 g/mol. The van der Waals surface area contributed by atoms with Crippen LogP contribution in [0.1, 0.15) is 64.4 Å². The van der Waals surface area contributed by atoms with Gasteiger partial charge in [-0.2, -0.15) is 0 Å². The van der Waals surface area contributed by atoms with Crippen LogP contribution in [0.2, 0.25) is 0 Å². The summed E-state index contributed by atoms with van der Waals surface area (Å²) in [6, 6.07) is 7.85. The van der Waals surface area contributed by atoms with Gasteiger partial charge in [0.25, 0.3) is 0 Å². The summed E-state index contributed by atoms with van der Waals surface area (Å²) >= 11 is 0. The van der Waals surface area contributed by atoms with Crippen LogP contribution in [0.4, 0.5) is 5.69 Å². The van der Waals surface area contributed by atoms with E-state index in [2.05, 4.69) is 5.32 Å². The van der Waals surface area contributed by atoms with Gasteiger partial charge in [-0.1, -0.05) is 44.7 Å². The van der Waals surface area contributed by atoms with Crippen molar-refractivity contribution in [3.8, 4) is 0 Å². The second-order valence-electron chi connectivity index (χ2n) is 6.89. The molecule has 2 rings (SSSR count). The molecule has 3 N–H and O–H groups in total. The lowest BCUT2D eigenvalue weighted by atomic mass is 9.96. The fourth-order valence-corrected chi connectivity index (χ4v) is 3.09. The zero-order valence-electron chi connectivity index (χ0n) is 14.4. The van der Waals surface area contributed by atoms with Gasteiger partial charge in [-0.05, 0) is 43.9 Å². The highest BCUT2D eigenvalue weighted by Crippen LogP contribution is 2.22. The number of amides is 1. The molecule has 1 aliphatic rings. The summed E-state index contributed by atoms with van der Waals surface area (Å²) in [5, 5.41) is 2.93. The minimum atomic E-state index is -0.830. The van der Waals surface area contributed by atoms with Crippen molar-refractivity contribution < 1.29 is 9.53 Å². The van der Waals surface area contributed by atoms with E-state index in [0.717, 1.165) is 17.7 Å². The molecule has 1 aliphatic carbocycles. The van der Waals surface area contributed by atoms with Crippen LogP contribution in [0.5, 0.6) is 0 Å². The summed E-state index contributed by atoms with van der Waals surface area (Å²) < 4.78 is 6.00. The standard InChI is InChI=1S/C19H30N2O2/c1-3-12-19(2,20)18(22)21-16-9-7-8-15(13-16)14-23-17-10-5-4-6-11-17/h7-9,13,17H,3-6,10-12,14,20H2,1-2H3,(H,21,22). The van der Waals surface area contributed by atoms with Crippen molar-refractivity contribution in [2.45, 2.75) is 77.0 Å². The van der Waals surface area contributed by atoms with Crippen molar-refractivity contribution in [2.24, 2.45) is 5.73 Å². The fourth-order valence-electron chi connectivity index (χ4n) is 3.09. The normalized spacial score (nSPS) is 18.4. The molecule has 1 amide bonds. The van der Waals surface area contributed by atoms with E-state index >= 15 is 0 Å². The lowest BCUT2D eigenvalue weighted by molar-refractivity contribution is -0.120. The number of carbonyl (C=O) groups excluding carboxylic acids is 1. The SMILES string of the molecule is CCCC(C)(N)C(=O)Nc1cccc(COC2CCCCC2)c1. The Bertz CT molecular complexity index is 508. The predicted molar refractivity (Wildman–Crippen MR) is 94.2 cm³/mol. The van der Waals surface area contributed by atoms with Gasteiger partial charge < -0.3 is 15.8 Å². The monoisotopic (exact) mass is 318 g/mol. The summed E-state index contributed by atoms with van der Waals surface area (Å²) in [7, 11) is 0. The van der Waals surface area contributed by atoms with Gasteiger partial charge in [0, 0.05) is 5.69 Å². The Morgan fingerprint density at radius 2 is 2.09 bits per heavy atom. The average Bonchev–Trinajstić information content (AvgIpc) is 2.54. The van der Waals surface area contributed by atoms with Crippen molar-refractivity contribution in [3.63, 3.8) is 0 Å². The van der Waals surface area contributed by atoms with Gasteiger partial charge in [-0.3, -0.25) is 4.79 Å². The molecule has 1 atom stereocenters. The third-order valence-electron chi connectivity index (χ3n) is 4.51. The topological polar surface area (TPSA) is 64.4 Å². The summed E-state index contributed by atoms with van der Waals surface area (Å²) in [5.41, 5.74) is 7.12. The van der Waals surface area contributed by atoms with Crippen LogP contribution in [0, 0.1) is 0 Å². The summed E-state index contributed by atoms with van der Waals surface area (Å²) in [6.45, 7) is 4.41. The Balaban J connectivity index is 1.90. The number of nitrogens with one attached hydrogen (secondary N) is 1. The Morgan fingerprint density at radius 3 is 2.78 bits per heavy atom. The summed E-state index contributed by atoms with van der Waals surface area (Å²) in [5.74, 6) is -0.135. The highest BCUT2D eigenvalue weighted by molar-refractivity contribution is 5.97. The smallest absolute Gasteiger partial charge is 0.244 e. The van der Waals surface area contributed by atoms with Crippen molar-refractivity contribution >= 4 is 11.6 Å². The van der Waals surface area contributed by atoms with E-state index in [-0.39, 0.29) is 5.91 Å². The lowest BCUT2D eigenvalue weighted by Gasteiger charge is -2.23. The van der Waals surface area contributed by atoms with Gasteiger partial charge in [-0.25, -0.2) is 0 Å². The van der Waals surface area contributed by atoms with Gasteiger partial charge >= 0.3 is 0 Å². The maximum atomic E-state index is 12.3. The van der Waals surface area contributed by atoms with Gasteiger partial charge in [0.15, 0.2) is 0 Å². The number of anilines is 1. The number of rotatable bonds is 7. The van der Waals surface area contributed by atoms with Crippen molar-refractivity contribution in [1.29, 1.82) is 0 Å². The largest absolute Gasteiger partial charge is 0.374 e. The molecule has 1 fully saturated rings. The van der Waals surface area contributed by atoms with E-state index in [9.17, 15) is 4.79 Å². The third-order valence-corrected chi connectivity index (χ3v) is 4.51. The molecule has 0 heterocycles. The lowest BCUT2D eigenvalue weighted by Crippen LogP contribution is -2.48. The molecule has 1 aromatic rings. The van der Waals surface area contributed by atoms with Crippen LogP contribution in [0.25, 0.3) is 0 Å². The van der Waals surface area contributed by atoms with E-state index in [0.29, 0.717) is 19.1 Å². The minimum Gasteiger partial charge on any atom is -0.374 e. The maximum absolute atomic E-state index is 12.3. The number of hydrogen-bond acceptors (Lipinski definition) is 3.